The summed E-state index contributed by atoms with van der Waals surface area (Å²) in [5.41, 5.74) is 0.462. The zero-order valence-electron chi connectivity index (χ0n) is 12.3. The van der Waals surface area contributed by atoms with E-state index in [1.807, 2.05) is 36.9 Å². The number of benzene rings is 1. The number of hydrogen-bond acceptors (Lipinski definition) is 2. The lowest BCUT2D eigenvalue weighted by atomic mass is 9.82. The van der Waals surface area contributed by atoms with E-state index in [2.05, 4.69) is 18.2 Å². The first-order chi connectivity index (χ1) is 9.66. The molecule has 1 atom stereocenters. The highest BCUT2D eigenvalue weighted by atomic mass is 16.2. The maximum Gasteiger partial charge on any atom is 0.243 e. The third kappa shape index (κ3) is 2.56. The summed E-state index contributed by atoms with van der Waals surface area (Å²) in [5.74, 6) is 0.425. The van der Waals surface area contributed by atoms with Crippen LogP contribution in [-0.2, 0) is 4.79 Å². The lowest BCUT2D eigenvalue weighted by Crippen LogP contribution is -2.41. The lowest BCUT2D eigenvalue weighted by Gasteiger charge is -2.28. The van der Waals surface area contributed by atoms with Gasteiger partial charge in [-0.05, 0) is 24.8 Å². The molecule has 1 aliphatic rings. The number of likely N-dealkylation sites (tertiary alicyclic amines) is 1. The number of nitrogens with zero attached hydrogens (tertiary/aromatic N) is 2. The minimum absolute atomic E-state index is 0.0171. The predicted octanol–water partition coefficient (Wildman–Crippen LogP) is 3.33. The Balaban J connectivity index is 2.10. The van der Waals surface area contributed by atoms with E-state index >= 15 is 0 Å². The van der Waals surface area contributed by atoms with E-state index in [9.17, 15) is 10.1 Å². The van der Waals surface area contributed by atoms with Crippen LogP contribution in [0.2, 0.25) is 0 Å². The van der Waals surface area contributed by atoms with E-state index < -0.39 is 5.41 Å². The molecule has 1 saturated heterocycles. The van der Waals surface area contributed by atoms with Crippen molar-refractivity contribution in [2.75, 3.05) is 13.1 Å². The molecule has 1 unspecified atom stereocenters. The van der Waals surface area contributed by atoms with Gasteiger partial charge in [-0.1, -0.05) is 44.2 Å². The largest absolute Gasteiger partial charge is 0.341 e. The number of rotatable bonds is 4. The normalized spacial score (nSPS) is 18.9. The van der Waals surface area contributed by atoms with Crippen LogP contribution in [0.25, 0.3) is 0 Å². The Morgan fingerprint density at radius 3 is 2.55 bits per heavy atom. The highest BCUT2D eigenvalue weighted by Gasteiger charge is 2.40. The van der Waals surface area contributed by atoms with Gasteiger partial charge >= 0.3 is 0 Å². The van der Waals surface area contributed by atoms with E-state index in [0.717, 1.165) is 19.5 Å². The van der Waals surface area contributed by atoms with E-state index in [4.69, 9.17) is 0 Å². The molecule has 0 bridgehead atoms. The Bertz CT molecular complexity index is 499. The molecule has 1 aromatic carbocycles. The van der Waals surface area contributed by atoms with E-state index in [-0.39, 0.29) is 5.91 Å². The van der Waals surface area contributed by atoms with Crippen molar-refractivity contribution in [1.29, 1.82) is 5.26 Å². The zero-order chi connectivity index (χ0) is 14.6. The van der Waals surface area contributed by atoms with Gasteiger partial charge in [-0.25, -0.2) is 0 Å². The van der Waals surface area contributed by atoms with Gasteiger partial charge < -0.3 is 4.90 Å². The number of carbonyl (C=O) groups excluding carboxylic acids is 1. The Morgan fingerprint density at radius 2 is 2.00 bits per heavy atom. The van der Waals surface area contributed by atoms with Crippen LogP contribution in [0.1, 0.15) is 44.6 Å². The molecule has 106 valence electrons. The average molecular weight is 270 g/mol. The number of carbonyl (C=O) groups is 1. The summed E-state index contributed by atoms with van der Waals surface area (Å²) >= 11 is 0. The standard InChI is InChI=1S/C17H22N2O/c1-3-17(4-2,13-18)16(20)19-11-10-15(12-19)14-8-6-5-7-9-14/h5-9,15H,3-4,10-12H2,1-2H3. The van der Waals surface area contributed by atoms with Gasteiger partial charge in [0.2, 0.25) is 5.91 Å². The van der Waals surface area contributed by atoms with Crippen LogP contribution in [-0.4, -0.2) is 23.9 Å². The molecule has 20 heavy (non-hydrogen) atoms. The molecular weight excluding hydrogens is 248 g/mol. The number of hydrogen-bond donors (Lipinski definition) is 0. The SMILES string of the molecule is CCC(C#N)(CC)C(=O)N1CCC(c2ccccc2)C1. The second kappa shape index (κ2) is 6.09. The van der Waals surface area contributed by atoms with Gasteiger partial charge in [-0.3, -0.25) is 4.79 Å². The third-order valence-corrected chi connectivity index (χ3v) is 4.58. The Labute approximate surface area is 121 Å². The van der Waals surface area contributed by atoms with E-state index in [1.165, 1.54) is 5.56 Å². The molecule has 2 rings (SSSR count). The van der Waals surface area contributed by atoms with Crippen molar-refractivity contribution in [2.24, 2.45) is 5.41 Å². The van der Waals surface area contributed by atoms with Gasteiger partial charge in [0, 0.05) is 19.0 Å². The summed E-state index contributed by atoms with van der Waals surface area (Å²) in [6, 6.07) is 12.6. The molecule has 1 fully saturated rings. The van der Waals surface area contributed by atoms with Crippen molar-refractivity contribution in [1.82, 2.24) is 4.90 Å². The van der Waals surface area contributed by atoms with Crippen molar-refractivity contribution >= 4 is 5.91 Å². The summed E-state index contributed by atoms with van der Waals surface area (Å²) in [6.07, 6.45) is 2.17. The van der Waals surface area contributed by atoms with E-state index in [1.54, 1.807) is 0 Å². The number of amides is 1. The summed E-state index contributed by atoms with van der Waals surface area (Å²) < 4.78 is 0. The molecule has 1 aliphatic heterocycles. The smallest absolute Gasteiger partial charge is 0.243 e. The molecule has 0 radical (unpaired) electrons. The first-order valence-electron chi connectivity index (χ1n) is 7.42. The molecule has 0 aliphatic carbocycles. The van der Waals surface area contributed by atoms with Crippen LogP contribution in [0.15, 0.2) is 30.3 Å². The summed E-state index contributed by atoms with van der Waals surface area (Å²) in [7, 11) is 0. The first-order valence-corrected chi connectivity index (χ1v) is 7.42. The van der Waals surface area contributed by atoms with Crippen LogP contribution in [0, 0.1) is 16.7 Å². The van der Waals surface area contributed by atoms with Crippen LogP contribution >= 0.6 is 0 Å². The lowest BCUT2D eigenvalue weighted by molar-refractivity contribution is -0.138. The highest BCUT2D eigenvalue weighted by Crippen LogP contribution is 2.33. The Kier molecular flexibility index (Phi) is 4.44. The quantitative estimate of drug-likeness (QED) is 0.842. The fourth-order valence-corrected chi connectivity index (χ4v) is 3.00. The molecular formula is C17H22N2O. The van der Waals surface area contributed by atoms with Gasteiger partial charge in [-0.2, -0.15) is 5.26 Å². The summed E-state index contributed by atoms with van der Waals surface area (Å²) in [4.78, 5) is 14.5. The molecule has 0 aromatic heterocycles. The molecule has 3 nitrogen and oxygen atoms in total. The highest BCUT2D eigenvalue weighted by molar-refractivity contribution is 5.85. The molecule has 1 aromatic rings. The zero-order valence-corrected chi connectivity index (χ0v) is 12.3. The molecule has 1 heterocycles. The molecule has 0 saturated carbocycles. The maximum absolute atomic E-state index is 12.6. The first kappa shape index (κ1) is 14.6. The van der Waals surface area contributed by atoms with E-state index in [0.29, 0.717) is 18.8 Å². The van der Waals surface area contributed by atoms with Gasteiger partial charge in [-0.15, -0.1) is 0 Å². The van der Waals surface area contributed by atoms with Gasteiger partial charge in [0.15, 0.2) is 0 Å². The van der Waals surface area contributed by atoms with Crippen LogP contribution in [0.3, 0.4) is 0 Å². The third-order valence-electron chi connectivity index (χ3n) is 4.58. The summed E-state index contributed by atoms with van der Waals surface area (Å²) in [5, 5.41) is 9.39. The molecule has 0 N–H and O–H groups in total. The van der Waals surface area contributed by atoms with Crippen LogP contribution in [0.4, 0.5) is 0 Å². The van der Waals surface area contributed by atoms with Gasteiger partial charge in [0.1, 0.15) is 5.41 Å². The van der Waals surface area contributed by atoms with Crippen molar-refractivity contribution in [3.8, 4) is 6.07 Å². The van der Waals surface area contributed by atoms with Crippen LogP contribution < -0.4 is 0 Å². The fraction of sp³-hybridized carbons (Fsp3) is 0.529. The average Bonchev–Trinajstić information content (AvgIpc) is 3.00. The second-order valence-corrected chi connectivity index (χ2v) is 5.55. The number of nitriles is 1. The fourth-order valence-electron chi connectivity index (χ4n) is 3.00. The minimum atomic E-state index is -0.828. The minimum Gasteiger partial charge on any atom is -0.341 e. The topological polar surface area (TPSA) is 44.1 Å². The van der Waals surface area contributed by atoms with Crippen molar-refractivity contribution in [3.63, 3.8) is 0 Å². The molecule has 0 spiro atoms. The second-order valence-electron chi connectivity index (χ2n) is 5.55. The molecule has 1 amide bonds. The van der Waals surface area contributed by atoms with Gasteiger partial charge in [0.05, 0.1) is 6.07 Å². The van der Waals surface area contributed by atoms with Crippen molar-refractivity contribution < 1.29 is 4.79 Å². The van der Waals surface area contributed by atoms with Crippen molar-refractivity contribution in [3.05, 3.63) is 35.9 Å². The maximum atomic E-state index is 12.6. The summed E-state index contributed by atoms with van der Waals surface area (Å²) in [6.45, 7) is 5.36. The predicted molar refractivity (Wildman–Crippen MR) is 79.0 cm³/mol. The van der Waals surface area contributed by atoms with Crippen molar-refractivity contribution in [2.45, 2.75) is 39.0 Å². The van der Waals surface area contributed by atoms with Gasteiger partial charge in [0.25, 0.3) is 0 Å². The Hall–Kier alpha value is -1.82. The molecule has 3 heteroatoms. The monoisotopic (exact) mass is 270 g/mol. The Morgan fingerprint density at radius 1 is 1.35 bits per heavy atom. The van der Waals surface area contributed by atoms with Crippen LogP contribution in [0.5, 0.6) is 0 Å².